The van der Waals surface area contributed by atoms with Crippen molar-refractivity contribution in [2.24, 2.45) is 0 Å². The minimum atomic E-state index is -0.505. The predicted molar refractivity (Wildman–Crippen MR) is 88.0 cm³/mol. The number of hydrogen-bond donors (Lipinski definition) is 2. The van der Waals surface area contributed by atoms with E-state index in [1.165, 1.54) is 0 Å². The molecule has 0 aliphatic carbocycles. The molecule has 0 aliphatic rings. The normalized spacial score (nSPS) is 14.0. The summed E-state index contributed by atoms with van der Waals surface area (Å²) >= 11 is 0. The number of carbonyl (C=O) groups is 1. The summed E-state index contributed by atoms with van der Waals surface area (Å²) in [6, 6.07) is 0.00733. The molecule has 0 aliphatic heterocycles. The minimum Gasteiger partial charge on any atom is -0.444 e. The SMILES string of the molecule is CCC(CC)(CNC(C)C(OC)OC)NC(=O)OC(C)(C)C. The van der Waals surface area contributed by atoms with Gasteiger partial charge in [-0.25, -0.2) is 4.79 Å². The second-order valence-electron chi connectivity index (χ2n) is 6.62. The Kier molecular flexibility index (Phi) is 8.96. The Morgan fingerprint density at radius 3 is 1.95 bits per heavy atom. The number of carbonyl (C=O) groups excluding carboxylic acids is 1. The molecule has 0 heterocycles. The second-order valence-corrected chi connectivity index (χ2v) is 6.62. The molecular weight excluding hydrogens is 284 g/mol. The Morgan fingerprint density at radius 1 is 1.09 bits per heavy atom. The van der Waals surface area contributed by atoms with Crippen LogP contribution in [0.15, 0.2) is 0 Å². The minimum absolute atomic E-state index is 0.00733. The summed E-state index contributed by atoms with van der Waals surface area (Å²) in [5.41, 5.74) is -0.863. The molecule has 0 fully saturated rings. The van der Waals surface area contributed by atoms with E-state index in [0.29, 0.717) is 6.54 Å². The van der Waals surface area contributed by atoms with Crippen LogP contribution in [0.1, 0.15) is 54.4 Å². The number of alkyl carbamates (subject to hydrolysis) is 1. The van der Waals surface area contributed by atoms with Crippen molar-refractivity contribution in [3.8, 4) is 0 Å². The Labute approximate surface area is 135 Å². The molecule has 1 amide bonds. The second kappa shape index (κ2) is 9.33. The molecule has 6 heteroatoms. The largest absolute Gasteiger partial charge is 0.444 e. The standard InChI is InChI=1S/C16H34N2O4/c1-9-16(10-2,18-14(19)22-15(4,5)6)11-17-12(3)13(20-7)21-8/h12-13,17H,9-11H2,1-8H3,(H,18,19). The zero-order chi connectivity index (χ0) is 17.4. The third-order valence-corrected chi connectivity index (χ3v) is 3.75. The highest BCUT2D eigenvalue weighted by Gasteiger charge is 2.31. The van der Waals surface area contributed by atoms with Gasteiger partial charge in [0.05, 0.1) is 11.6 Å². The lowest BCUT2D eigenvalue weighted by atomic mass is 9.92. The van der Waals surface area contributed by atoms with Crippen LogP contribution in [0.25, 0.3) is 0 Å². The van der Waals surface area contributed by atoms with Crippen LogP contribution in [0.3, 0.4) is 0 Å². The molecule has 0 spiro atoms. The average Bonchev–Trinajstić information content (AvgIpc) is 2.43. The van der Waals surface area contributed by atoms with Gasteiger partial charge in [0.1, 0.15) is 5.60 Å². The maximum absolute atomic E-state index is 12.1. The fourth-order valence-electron chi connectivity index (χ4n) is 2.20. The fraction of sp³-hybridized carbons (Fsp3) is 0.938. The third kappa shape index (κ3) is 7.42. The van der Waals surface area contributed by atoms with E-state index in [0.717, 1.165) is 12.8 Å². The number of amides is 1. The highest BCUT2D eigenvalue weighted by Crippen LogP contribution is 2.17. The molecule has 0 aromatic rings. The molecule has 0 bridgehead atoms. The first kappa shape index (κ1) is 21.1. The topological polar surface area (TPSA) is 68.8 Å². The fourth-order valence-corrected chi connectivity index (χ4v) is 2.20. The maximum Gasteiger partial charge on any atom is 0.408 e. The van der Waals surface area contributed by atoms with Gasteiger partial charge < -0.3 is 24.8 Å². The van der Waals surface area contributed by atoms with Gasteiger partial charge in [-0.3, -0.25) is 0 Å². The summed E-state index contributed by atoms with van der Waals surface area (Å²) in [4.78, 5) is 12.1. The molecule has 0 aromatic heterocycles. The first-order valence-corrected chi connectivity index (χ1v) is 7.93. The van der Waals surface area contributed by atoms with Crippen LogP contribution in [0.5, 0.6) is 0 Å². The van der Waals surface area contributed by atoms with E-state index < -0.39 is 5.60 Å². The average molecular weight is 318 g/mol. The van der Waals surface area contributed by atoms with Crippen LogP contribution in [-0.2, 0) is 14.2 Å². The molecule has 1 atom stereocenters. The van der Waals surface area contributed by atoms with Gasteiger partial charge in [0.2, 0.25) is 0 Å². The molecule has 0 aromatic carbocycles. The van der Waals surface area contributed by atoms with Crippen molar-refractivity contribution >= 4 is 6.09 Å². The number of hydrogen-bond acceptors (Lipinski definition) is 5. The van der Waals surface area contributed by atoms with Crippen LogP contribution in [0, 0.1) is 0 Å². The number of ether oxygens (including phenoxy) is 3. The van der Waals surface area contributed by atoms with Crippen molar-refractivity contribution in [1.29, 1.82) is 0 Å². The summed E-state index contributed by atoms with van der Waals surface area (Å²) in [7, 11) is 3.22. The Balaban J connectivity index is 4.71. The highest BCUT2D eigenvalue weighted by molar-refractivity contribution is 5.68. The van der Waals surface area contributed by atoms with Crippen molar-refractivity contribution in [2.45, 2.75) is 77.9 Å². The van der Waals surface area contributed by atoms with Gasteiger partial charge in [0, 0.05) is 20.8 Å². The molecule has 132 valence electrons. The van der Waals surface area contributed by atoms with Gasteiger partial charge in [0.25, 0.3) is 0 Å². The summed E-state index contributed by atoms with van der Waals surface area (Å²) in [6.07, 6.45) is 0.883. The lowest BCUT2D eigenvalue weighted by molar-refractivity contribution is -0.120. The quantitative estimate of drug-likeness (QED) is 0.640. The molecule has 2 N–H and O–H groups in total. The summed E-state index contributed by atoms with van der Waals surface area (Å²) in [5.74, 6) is 0. The van der Waals surface area contributed by atoms with E-state index in [-0.39, 0.29) is 24.0 Å². The highest BCUT2D eigenvalue weighted by atomic mass is 16.7. The van der Waals surface area contributed by atoms with Crippen molar-refractivity contribution in [3.05, 3.63) is 0 Å². The molecule has 1 unspecified atom stereocenters. The van der Waals surface area contributed by atoms with Crippen molar-refractivity contribution in [2.75, 3.05) is 20.8 Å². The monoisotopic (exact) mass is 318 g/mol. The Morgan fingerprint density at radius 2 is 1.59 bits per heavy atom. The van der Waals surface area contributed by atoms with E-state index in [9.17, 15) is 4.79 Å². The molecule has 0 rings (SSSR count). The van der Waals surface area contributed by atoms with Crippen molar-refractivity contribution < 1.29 is 19.0 Å². The van der Waals surface area contributed by atoms with Crippen molar-refractivity contribution in [1.82, 2.24) is 10.6 Å². The van der Waals surface area contributed by atoms with E-state index in [1.54, 1.807) is 14.2 Å². The van der Waals surface area contributed by atoms with Gasteiger partial charge in [-0.05, 0) is 40.5 Å². The van der Waals surface area contributed by atoms with E-state index >= 15 is 0 Å². The van der Waals surface area contributed by atoms with E-state index in [4.69, 9.17) is 14.2 Å². The van der Waals surface area contributed by atoms with Crippen LogP contribution in [-0.4, -0.2) is 50.3 Å². The van der Waals surface area contributed by atoms with Gasteiger partial charge in [-0.1, -0.05) is 13.8 Å². The van der Waals surface area contributed by atoms with Crippen LogP contribution < -0.4 is 10.6 Å². The van der Waals surface area contributed by atoms with E-state index in [1.807, 2.05) is 27.7 Å². The molecule has 0 saturated carbocycles. The first-order chi connectivity index (χ1) is 10.1. The number of nitrogens with one attached hydrogen (secondary N) is 2. The van der Waals surface area contributed by atoms with Crippen LogP contribution >= 0.6 is 0 Å². The zero-order valence-corrected chi connectivity index (χ0v) is 15.4. The summed E-state index contributed by atoms with van der Waals surface area (Å²) in [5, 5.41) is 6.39. The predicted octanol–water partition coefficient (Wildman–Crippen LogP) is 2.67. The lowest BCUT2D eigenvalue weighted by Crippen LogP contribution is -2.57. The van der Waals surface area contributed by atoms with E-state index in [2.05, 4.69) is 24.5 Å². The van der Waals surface area contributed by atoms with Crippen molar-refractivity contribution in [3.63, 3.8) is 0 Å². The maximum atomic E-state index is 12.1. The smallest absolute Gasteiger partial charge is 0.408 e. The molecule has 22 heavy (non-hydrogen) atoms. The summed E-state index contributed by atoms with van der Waals surface area (Å²) in [6.45, 7) is 12.3. The number of methoxy groups -OCH3 is 2. The van der Waals surface area contributed by atoms with Gasteiger partial charge in [-0.2, -0.15) is 0 Å². The third-order valence-electron chi connectivity index (χ3n) is 3.75. The zero-order valence-electron chi connectivity index (χ0n) is 15.4. The number of rotatable bonds is 9. The molecular formula is C16H34N2O4. The Hall–Kier alpha value is -0.850. The molecule has 0 radical (unpaired) electrons. The molecule has 0 saturated heterocycles. The van der Waals surface area contributed by atoms with Crippen LogP contribution in [0.2, 0.25) is 0 Å². The van der Waals surface area contributed by atoms with Gasteiger partial charge in [-0.15, -0.1) is 0 Å². The Bertz CT molecular complexity index is 321. The van der Waals surface area contributed by atoms with Gasteiger partial charge >= 0.3 is 6.09 Å². The molecule has 6 nitrogen and oxygen atoms in total. The summed E-state index contributed by atoms with van der Waals surface area (Å²) < 4.78 is 15.9. The lowest BCUT2D eigenvalue weighted by Gasteiger charge is -2.36. The van der Waals surface area contributed by atoms with Gasteiger partial charge in [0.15, 0.2) is 6.29 Å². The first-order valence-electron chi connectivity index (χ1n) is 7.93. The van der Waals surface area contributed by atoms with Crippen LogP contribution in [0.4, 0.5) is 4.79 Å².